The summed E-state index contributed by atoms with van der Waals surface area (Å²) >= 11 is 0. The van der Waals surface area contributed by atoms with Crippen molar-refractivity contribution in [3.63, 3.8) is 0 Å². The number of carbonyl (C=O) groups is 1. The monoisotopic (exact) mass is 422 g/mol. The molecule has 9 nitrogen and oxygen atoms in total. The number of nitrogens with zero attached hydrogens (tertiary/aromatic N) is 3. The van der Waals surface area contributed by atoms with E-state index in [9.17, 15) is 19.7 Å². The number of aromatic amines is 1. The summed E-state index contributed by atoms with van der Waals surface area (Å²) in [7, 11) is 0. The highest BCUT2D eigenvalue weighted by Crippen LogP contribution is 2.22. The third kappa shape index (κ3) is 4.46. The fraction of sp³-hybridized carbons (Fsp3) is 0.318. The van der Waals surface area contributed by atoms with Gasteiger partial charge in [0.15, 0.2) is 0 Å². The summed E-state index contributed by atoms with van der Waals surface area (Å²) in [5.41, 5.74) is 0.833. The molecule has 0 saturated carbocycles. The minimum absolute atomic E-state index is 0.0560. The van der Waals surface area contributed by atoms with Crippen molar-refractivity contribution in [1.82, 2.24) is 14.9 Å². The smallest absolute Gasteiger partial charge is 0.273 e. The number of para-hydroxylation sites is 1. The van der Waals surface area contributed by atoms with Crippen LogP contribution in [0.3, 0.4) is 0 Å². The van der Waals surface area contributed by atoms with Gasteiger partial charge >= 0.3 is 0 Å². The minimum Gasteiger partial charge on any atom is -0.376 e. The van der Waals surface area contributed by atoms with Crippen molar-refractivity contribution in [2.24, 2.45) is 0 Å². The van der Waals surface area contributed by atoms with E-state index in [1.54, 1.807) is 43.3 Å². The number of benzene rings is 2. The first kappa shape index (κ1) is 20.7. The van der Waals surface area contributed by atoms with E-state index in [2.05, 4.69) is 9.97 Å². The first-order valence-electron chi connectivity index (χ1n) is 10.1. The number of nitro groups is 1. The van der Waals surface area contributed by atoms with Crippen LogP contribution in [0.2, 0.25) is 0 Å². The molecule has 4 rings (SSSR count). The summed E-state index contributed by atoms with van der Waals surface area (Å²) in [4.78, 5) is 45.3. The lowest BCUT2D eigenvalue weighted by Gasteiger charge is -2.25. The SMILES string of the molecule is Cc1ccc(C(=O)N(Cc2nc3ccccc3c(=O)[nH]2)C[C@@H]2CCCO2)cc1[N+](=O)[O-]. The minimum atomic E-state index is -0.501. The summed E-state index contributed by atoms with van der Waals surface area (Å²) < 4.78 is 5.69. The van der Waals surface area contributed by atoms with Crippen molar-refractivity contribution in [1.29, 1.82) is 0 Å². The number of nitrogens with one attached hydrogen (secondary N) is 1. The normalized spacial score (nSPS) is 15.8. The number of amides is 1. The Bertz CT molecular complexity index is 1200. The van der Waals surface area contributed by atoms with Crippen LogP contribution in [0.1, 0.15) is 34.6 Å². The largest absolute Gasteiger partial charge is 0.376 e. The van der Waals surface area contributed by atoms with E-state index < -0.39 is 4.92 Å². The third-order valence-corrected chi connectivity index (χ3v) is 5.39. The van der Waals surface area contributed by atoms with E-state index in [1.807, 2.05) is 0 Å². The van der Waals surface area contributed by atoms with Gasteiger partial charge in [-0.25, -0.2) is 4.98 Å². The van der Waals surface area contributed by atoms with Gasteiger partial charge in [-0.05, 0) is 38.0 Å². The van der Waals surface area contributed by atoms with Crippen molar-refractivity contribution in [2.45, 2.75) is 32.4 Å². The topological polar surface area (TPSA) is 118 Å². The molecule has 1 N–H and O–H groups in total. The fourth-order valence-corrected chi connectivity index (χ4v) is 3.77. The Morgan fingerprint density at radius 2 is 2.13 bits per heavy atom. The van der Waals surface area contributed by atoms with Crippen molar-refractivity contribution < 1.29 is 14.5 Å². The summed E-state index contributed by atoms with van der Waals surface area (Å²) in [5.74, 6) is -0.0361. The number of ether oxygens (including phenoxy) is 1. The van der Waals surface area contributed by atoms with Gasteiger partial charge in [-0.2, -0.15) is 0 Å². The van der Waals surface area contributed by atoms with Crippen LogP contribution < -0.4 is 5.56 Å². The summed E-state index contributed by atoms with van der Waals surface area (Å²) in [6.45, 7) is 2.62. The lowest BCUT2D eigenvalue weighted by atomic mass is 10.1. The molecule has 0 spiro atoms. The second-order valence-corrected chi connectivity index (χ2v) is 7.61. The zero-order valence-electron chi connectivity index (χ0n) is 17.0. The van der Waals surface area contributed by atoms with E-state index in [4.69, 9.17) is 4.74 Å². The van der Waals surface area contributed by atoms with Crippen LogP contribution in [-0.4, -0.2) is 45.0 Å². The van der Waals surface area contributed by atoms with E-state index in [-0.39, 0.29) is 35.4 Å². The first-order chi connectivity index (χ1) is 14.9. The van der Waals surface area contributed by atoms with Crippen molar-refractivity contribution in [3.8, 4) is 0 Å². The molecular weight excluding hydrogens is 400 g/mol. The number of hydrogen-bond acceptors (Lipinski definition) is 6. The van der Waals surface area contributed by atoms with E-state index >= 15 is 0 Å². The standard InChI is InChI=1S/C22H22N4O5/c1-14-8-9-15(11-19(14)26(29)30)22(28)25(12-16-5-4-10-31-16)13-20-23-18-7-3-2-6-17(18)21(27)24-20/h2-3,6-9,11,16H,4-5,10,12-13H2,1H3,(H,23,24,27)/t16-/m0/s1. The van der Waals surface area contributed by atoms with Crippen molar-refractivity contribution in [3.05, 3.63) is 79.9 Å². The molecule has 31 heavy (non-hydrogen) atoms. The molecule has 1 fully saturated rings. The van der Waals surface area contributed by atoms with Crippen molar-refractivity contribution in [2.75, 3.05) is 13.2 Å². The van der Waals surface area contributed by atoms with Gasteiger partial charge in [0.2, 0.25) is 0 Å². The molecule has 1 saturated heterocycles. The van der Waals surface area contributed by atoms with Crippen LogP contribution in [0.25, 0.3) is 10.9 Å². The Balaban J connectivity index is 1.67. The van der Waals surface area contributed by atoms with Crippen molar-refractivity contribution >= 4 is 22.5 Å². The molecule has 0 unspecified atom stereocenters. The highest BCUT2D eigenvalue weighted by molar-refractivity contribution is 5.95. The van der Waals surface area contributed by atoms with Gasteiger partial charge in [-0.3, -0.25) is 19.7 Å². The second kappa shape index (κ2) is 8.65. The zero-order valence-corrected chi connectivity index (χ0v) is 17.0. The van der Waals surface area contributed by atoms with Gasteiger partial charge in [-0.1, -0.05) is 18.2 Å². The highest BCUT2D eigenvalue weighted by atomic mass is 16.6. The molecule has 1 aliphatic heterocycles. The average Bonchev–Trinajstić information content (AvgIpc) is 3.26. The maximum absolute atomic E-state index is 13.3. The van der Waals surface area contributed by atoms with Gasteiger partial charge in [0.05, 0.1) is 28.5 Å². The Morgan fingerprint density at radius 1 is 1.32 bits per heavy atom. The molecule has 1 atom stereocenters. The molecule has 1 aromatic heterocycles. The van der Waals surface area contributed by atoms with Gasteiger partial charge in [0.25, 0.3) is 17.2 Å². The molecule has 1 amide bonds. The summed E-state index contributed by atoms with van der Waals surface area (Å²) in [6, 6.07) is 11.4. The van der Waals surface area contributed by atoms with Gasteiger partial charge in [-0.15, -0.1) is 0 Å². The summed E-state index contributed by atoms with van der Waals surface area (Å²) in [5, 5.41) is 11.8. The van der Waals surface area contributed by atoms with Gasteiger partial charge in [0, 0.05) is 30.3 Å². The molecule has 2 aromatic carbocycles. The van der Waals surface area contributed by atoms with Gasteiger partial charge < -0.3 is 14.6 Å². The maximum Gasteiger partial charge on any atom is 0.273 e. The number of H-pyrrole nitrogens is 1. The van der Waals surface area contributed by atoms with Crippen LogP contribution in [-0.2, 0) is 11.3 Å². The Hall–Kier alpha value is -3.59. The van der Waals surface area contributed by atoms with Crippen LogP contribution in [0, 0.1) is 17.0 Å². The lowest BCUT2D eigenvalue weighted by Crippen LogP contribution is -2.38. The van der Waals surface area contributed by atoms with E-state index in [0.29, 0.717) is 35.4 Å². The van der Waals surface area contributed by atoms with Crippen LogP contribution in [0.4, 0.5) is 5.69 Å². The first-order valence-corrected chi connectivity index (χ1v) is 10.1. The number of carbonyl (C=O) groups excluding carboxylic acids is 1. The molecule has 9 heteroatoms. The predicted octanol–water partition coefficient (Wildman–Crippen LogP) is 2.96. The van der Waals surface area contributed by atoms with Crippen LogP contribution in [0.5, 0.6) is 0 Å². The molecular formula is C22H22N4O5. The zero-order chi connectivity index (χ0) is 22.0. The molecule has 3 aromatic rings. The quantitative estimate of drug-likeness (QED) is 0.482. The van der Waals surface area contributed by atoms with E-state index in [1.165, 1.54) is 11.0 Å². The third-order valence-electron chi connectivity index (χ3n) is 5.39. The number of hydrogen-bond donors (Lipinski definition) is 1. The number of aryl methyl sites for hydroxylation is 1. The molecule has 0 aliphatic carbocycles. The predicted molar refractivity (Wildman–Crippen MR) is 114 cm³/mol. The van der Waals surface area contributed by atoms with Crippen LogP contribution in [0.15, 0.2) is 47.3 Å². The Morgan fingerprint density at radius 3 is 2.87 bits per heavy atom. The summed E-state index contributed by atoms with van der Waals surface area (Å²) in [6.07, 6.45) is 1.60. The molecule has 160 valence electrons. The van der Waals surface area contributed by atoms with Crippen LogP contribution >= 0.6 is 0 Å². The Kier molecular flexibility index (Phi) is 5.77. The molecule has 2 heterocycles. The lowest BCUT2D eigenvalue weighted by molar-refractivity contribution is -0.385. The highest BCUT2D eigenvalue weighted by Gasteiger charge is 2.26. The maximum atomic E-state index is 13.3. The number of nitro benzene ring substituents is 1. The molecule has 1 aliphatic rings. The molecule has 0 radical (unpaired) electrons. The Labute approximate surface area is 177 Å². The molecule has 0 bridgehead atoms. The average molecular weight is 422 g/mol. The second-order valence-electron chi connectivity index (χ2n) is 7.61. The number of aromatic nitrogens is 2. The van der Waals surface area contributed by atoms with Gasteiger partial charge in [0.1, 0.15) is 5.82 Å². The number of fused-ring (bicyclic) bond motifs is 1. The number of rotatable bonds is 6. The van der Waals surface area contributed by atoms with E-state index in [0.717, 1.165) is 12.8 Å². The fourth-order valence-electron chi connectivity index (χ4n) is 3.77.